The highest BCUT2D eigenvalue weighted by molar-refractivity contribution is 5.91. The van der Waals surface area contributed by atoms with Gasteiger partial charge < -0.3 is 0 Å². The van der Waals surface area contributed by atoms with E-state index in [2.05, 4.69) is 26.1 Å². The van der Waals surface area contributed by atoms with E-state index in [4.69, 9.17) is 0 Å². The third kappa shape index (κ3) is 1.31. The minimum absolute atomic E-state index is 0.847. The number of benzene rings is 1. The molecule has 0 aliphatic heterocycles. The third-order valence-electron chi connectivity index (χ3n) is 2.63. The summed E-state index contributed by atoms with van der Waals surface area (Å²) in [5.74, 6) is 0. The average Bonchev–Trinajstić information content (AvgIpc) is 2.28. The first-order chi connectivity index (χ1) is 7.74. The van der Waals surface area contributed by atoms with Crippen molar-refractivity contribution in [2.45, 2.75) is 13.8 Å². The molecule has 1 radical (unpaired) electrons. The van der Waals surface area contributed by atoms with Gasteiger partial charge in [-0.3, -0.25) is 0 Å². The molecular formula is C12H9N4. The first-order valence-electron chi connectivity index (χ1n) is 5.01. The van der Waals surface area contributed by atoms with Crippen molar-refractivity contribution in [1.29, 1.82) is 0 Å². The van der Waals surface area contributed by atoms with Gasteiger partial charge in [0.25, 0.3) is 0 Å². The van der Waals surface area contributed by atoms with Crippen molar-refractivity contribution in [2.24, 2.45) is 0 Å². The van der Waals surface area contributed by atoms with E-state index in [0.717, 1.165) is 33.3 Å². The fourth-order valence-electron chi connectivity index (χ4n) is 1.65. The zero-order valence-corrected chi connectivity index (χ0v) is 9.02. The number of hydrogen-bond donors (Lipinski definition) is 0. The zero-order valence-electron chi connectivity index (χ0n) is 9.02. The highest BCUT2D eigenvalue weighted by Gasteiger charge is 2.04. The molecule has 4 nitrogen and oxygen atoms in total. The molecule has 16 heavy (non-hydrogen) atoms. The van der Waals surface area contributed by atoms with E-state index >= 15 is 0 Å². The summed E-state index contributed by atoms with van der Waals surface area (Å²) in [6, 6.07) is 3.84. The van der Waals surface area contributed by atoms with Crippen LogP contribution in [0.4, 0.5) is 0 Å². The molecule has 2 heterocycles. The molecule has 0 bridgehead atoms. The van der Waals surface area contributed by atoms with Crippen LogP contribution in [0.15, 0.2) is 18.5 Å². The fourth-order valence-corrected chi connectivity index (χ4v) is 1.65. The number of aromatic nitrogens is 4. The molecule has 0 amide bonds. The van der Waals surface area contributed by atoms with Crippen LogP contribution < -0.4 is 0 Å². The zero-order chi connectivity index (χ0) is 11.1. The smallest absolute Gasteiger partial charge is 0.116 e. The van der Waals surface area contributed by atoms with Crippen LogP contribution in [0.3, 0.4) is 0 Å². The molecule has 0 fully saturated rings. The van der Waals surface area contributed by atoms with Crippen LogP contribution in [0.5, 0.6) is 0 Å². The van der Waals surface area contributed by atoms with E-state index in [1.54, 1.807) is 0 Å². The number of hydrogen-bond acceptors (Lipinski definition) is 4. The summed E-state index contributed by atoms with van der Waals surface area (Å²) in [6.07, 6.45) is 4.39. The SMILES string of the molecule is Cc1nc2cc3[c]ncnc3cc2nc1C. The number of nitrogens with zero attached hydrogens (tertiary/aromatic N) is 4. The fraction of sp³-hybridized carbons (Fsp3) is 0.167. The van der Waals surface area contributed by atoms with E-state index in [-0.39, 0.29) is 0 Å². The van der Waals surface area contributed by atoms with Gasteiger partial charge in [-0.05, 0) is 26.0 Å². The van der Waals surface area contributed by atoms with Gasteiger partial charge in [0.15, 0.2) is 0 Å². The van der Waals surface area contributed by atoms with Crippen molar-refractivity contribution in [1.82, 2.24) is 19.9 Å². The number of fused-ring (bicyclic) bond motifs is 2. The van der Waals surface area contributed by atoms with Gasteiger partial charge in [0, 0.05) is 5.39 Å². The standard InChI is InChI=1S/C12H9N4/c1-7-8(2)16-12-4-10-9(3-11(12)15-7)5-13-6-14-10/h3-4,6H,1-2H3. The summed E-state index contributed by atoms with van der Waals surface area (Å²) in [6.45, 7) is 3.91. The lowest BCUT2D eigenvalue weighted by molar-refractivity contribution is 1.10. The Morgan fingerprint density at radius 2 is 1.62 bits per heavy atom. The van der Waals surface area contributed by atoms with Gasteiger partial charge in [-0.15, -0.1) is 0 Å². The van der Waals surface area contributed by atoms with Crippen LogP contribution in [-0.2, 0) is 0 Å². The highest BCUT2D eigenvalue weighted by Crippen LogP contribution is 2.18. The van der Waals surface area contributed by atoms with Gasteiger partial charge in [-0.2, -0.15) is 0 Å². The Balaban J connectivity index is 2.46. The minimum Gasteiger partial charge on any atom is -0.250 e. The lowest BCUT2D eigenvalue weighted by atomic mass is 10.2. The van der Waals surface area contributed by atoms with E-state index in [0.29, 0.717) is 0 Å². The monoisotopic (exact) mass is 209 g/mol. The van der Waals surface area contributed by atoms with E-state index in [1.807, 2.05) is 26.0 Å². The van der Waals surface area contributed by atoms with Crippen molar-refractivity contribution < 1.29 is 0 Å². The Hall–Kier alpha value is -2.10. The Kier molecular flexibility index (Phi) is 1.83. The Morgan fingerprint density at radius 1 is 0.938 bits per heavy atom. The molecule has 0 N–H and O–H groups in total. The molecule has 0 aliphatic rings. The van der Waals surface area contributed by atoms with Gasteiger partial charge in [0.1, 0.15) is 12.5 Å². The van der Waals surface area contributed by atoms with E-state index in [9.17, 15) is 0 Å². The minimum atomic E-state index is 0.847. The summed E-state index contributed by atoms with van der Waals surface area (Å²) in [5.41, 5.74) is 4.47. The van der Waals surface area contributed by atoms with Crippen LogP contribution in [0.1, 0.15) is 11.4 Å². The summed E-state index contributed by atoms with van der Waals surface area (Å²) in [7, 11) is 0. The van der Waals surface area contributed by atoms with Gasteiger partial charge in [-0.25, -0.2) is 19.9 Å². The van der Waals surface area contributed by atoms with Gasteiger partial charge in [-0.1, -0.05) is 0 Å². The van der Waals surface area contributed by atoms with Crippen molar-refractivity contribution in [3.05, 3.63) is 36.0 Å². The quantitative estimate of drug-likeness (QED) is 0.531. The van der Waals surface area contributed by atoms with Crippen LogP contribution >= 0.6 is 0 Å². The largest absolute Gasteiger partial charge is 0.250 e. The second-order valence-corrected chi connectivity index (χ2v) is 3.74. The van der Waals surface area contributed by atoms with Gasteiger partial charge in [0.2, 0.25) is 0 Å². The normalized spacial score (nSPS) is 11.1. The van der Waals surface area contributed by atoms with Crippen molar-refractivity contribution >= 4 is 21.9 Å². The van der Waals surface area contributed by atoms with E-state index < -0.39 is 0 Å². The number of aryl methyl sites for hydroxylation is 2. The summed E-state index contributed by atoms with van der Waals surface area (Å²) in [4.78, 5) is 17.0. The first kappa shape index (κ1) is 9.15. The molecule has 3 aromatic rings. The molecule has 0 saturated heterocycles. The predicted octanol–water partition coefficient (Wildman–Crippen LogP) is 1.99. The molecular weight excluding hydrogens is 200 g/mol. The average molecular weight is 209 g/mol. The molecule has 4 heteroatoms. The molecule has 0 aliphatic carbocycles. The second kappa shape index (κ2) is 3.20. The lowest BCUT2D eigenvalue weighted by Crippen LogP contribution is -1.94. The second-order valence-electron chi connectivity index (χ2n) is 3.74. The van der Waals surface area contributed by atoms with Crippen molar-refractivity contribution in [2.75, 3.05) is 0 Å². The number of rotatable bonds is 0. The molecule has 0 spiro atoms. The van der Waals surface area contributed by atoms with Crippen LogP contribution in [-0.4, -0.2) is 19.9 Å². The summed E-state index contributed by atoms with van der Waals surface area (Å²) >= 11 is 0. The Labute approximate surface area is 92.4 Å². The molecule has 1 aromatic carbocycles. The Bertz CT molecular complexity index is 631. The van der Waals surface area contributed by atoms with Gasteiger partial charge in [0.05, 0.1) is 27.9 Å². The van der Waals surface area contributed by atoms with E-state index in [1.165, 1.54) is 6.33 Å². The van der Waals surface area contributed by atoms with Crippen LogP contribution in [0, 0.1) is 20.0 Å². The molecule has 0 saturated carbocycles. The summed E-state index contributed by atoms with van der Waals surface area (Å²) in [5, 5.41) is 0.868. The highest BCUT2D eigenvalue weighted by atomic mass is 14.8. The Morgan fingerprint density at radius 3 is 2.38 bits per heavy atom. The maximum atomic E-state index is 4.49. The van der Waals surface area contributed by atoms with Crippen molar-refractivity contribution in [3.63, 3.8) is 0 Å². The topological polar surface area (TPSA) is 51.6 Å². The molecule has 0 unspecified atom stereocenters. The van der Waals surface area contributed by atoms with Crippen molar-refractivity contribution in [3.8, 4) is 0 Å². The molecule has 77 valence electrons. The van der Waals surface area contributed by atoms with Crippen LogP contribution in [0.25, 0.3) is 21.9 Å². The molecule has 3 rings (SSSR count). The molecule has 0 atom stereocenters. The maximum Gasteiger partial charge on any atom is 0.116 e. The first-order valence-corrected chi connectivity index (χ1v) is 5.01. The van der Waals surface area contributed by atoms with Crippen LogP contribution in [0.2, 0.25) is 0 Å². The van der Waals surface area contributed by atoms with Gasteiger partial charge >= 0.3 is 0 Å². The summed E-state index contributed by atoms with van der Waals surface area (Å²) < 4.78 is 0. The molecule has 2 aromatic heterocycles. The predicted molar refractivity (Wildman–Crippen MR) is 60.9 cm³/mol. The maximum absolute atomic E-state index is 4.49. The lowest BCUT2D eigenvalue weighted by Gasteiger charge is -2.03. The third-order valence-corrected chi connectivity index (χ3v) is 2.63.